The summed E-state index contributed by atoms with van der Waals surface area (Å²) in [5.74, 6) is 0.619. The first kappa shape index (κ1) is 14.1. The maximum Gasteiger partial charge on any atom is 0.226 e. The second-order valence-electron chi connectivity index (χ2n) is 5.63. The number of likely N-dealkylation sites (tertiary alicyclic amines) is 1. The number of aromatic nitrogens is 2. The normalized spacial score (nSPS) is 20.3. The van der Waals surface area contributed by atoms with Gasteiger partial charge in [-0.05, 0) is 25.8 Å². The van der Waals surface area contributed by atoms with E-state index in [2.05, 4.69) is 11.2 Å². The number of hydrogen-bond donors (Lipinski definition) is 1. The Balaban J connectivity index is 1.93. The number of piperidine rings is 1. The monoisotopic (exact) mass is 264 g/mol. The second kappa shape index (κ2) is 5.74. The Morgan fingerprint density at radius 2 is 2.05 bits per heavy atom. The Hall–Kier alpha value is -1.36. The van der Waals surface area contributed by atoms with Crippen LogP contribution < -0.4 is 5.73 Å². The van der Waals surface area contributed by atoms with Crippen molar-refractivity contribution >= 4 is 5.91 Å². The lowest BCUT2D eigenvalue weighted by molar-refractivity contribution is -0.136. The van der Waals surface area contributed by atoms with Gasteiger partial charge in [-0.25, -0.2) is 0 Å². The summed E-state index contributed by atoms with van der Waals surface area (Å²) in [7, 11) is 1.98. The molecule has 1 aliphatic rings. The van der Waals surface area contributed by atoms with Crippen LogP contribution in [0.25, 0.3) is 0 Å². The molecule has 1 amide bonds. The number of rotatable bonds is 3. The number of carbonyl (C=O) groups excluding carboxylic acids is 1. The summed E-state index contributed by atoms with van der Waals surface area (Å²) in [4.78, 5) is 14.2. The summed E-state index contributed by atoms with van der Waals surface area (Å²) in [6, 6.07) is 1.99. The number of nitrogens with two attached hydrogens (primary N) is 1. The Labute approximate surface area is 114 Å². The van der Waals surface area contributed by atoms with Crippen molar-refractivity contribution in [2.45, 2.75) is 38.6 Å². The molecule has 0 spiro atoms. The van der Waals surface area contributed by atoms with Crippen LogP contribution in [0.5, 0.6) is 0 Å². The Kier molecular flexibility index (Phi) is 4.24. The molecule has 2 rings (SSSR count). The van der Waals surface area contributed by atoms with Gasteiger partial charge in [-0.3, -0.25) is 9.48 Å². The highest BCUT2D eigenvalue weighted by atomic mass is 16.2. The molecule has 0 radical (unpaired) electrons. The van der Waals surface area contributed by atoms with Crippen LogP contribution in [-0.2, 0) is 11.8 Å². The first-order valence-corrected chi connectivity index (χ1v) is 7.03. The average Bonchev–Trinajstić information content (AvgIpc) is 2.83. The third-order valence-electron chi connectivity index (χ3n) is 4.26. The van der Waals surface area contributed by atoms with E-state index in [0.29, 0.717) is 5.92 Å². The second-order valence-corrected chi connectivity index (χ2v) is 5.63. The van der Waals surface area contributed by atoms with Crippen molar-refractivity contribution in [3.63, 3.8) is 0 Å². The molecule has 1 saturated heterocycles. The molecule has 106 valence electrons. The molecule has 1 aromatic rings. The van der Waals surface area contributed by atoms with Gasteiger partial charge in [0.25, 0.3) is 0 Å². The molecule has 2 unspecified atom stereocenters. The number of aryl methyl sites for hydroxylation is 1. The van der Waals surface area contributed by atoms with E-state index < -0.39 is 0 Å². The summed E-state index contributed by atoms with van der Waals surface area (Å²) >= 11 is 0. The van der Waals surface area contributed by atoms with E-state index in [-0.39, 0.29) is 17.9 Å². The average molecular weight is 264 g/mol. The zero-order chi connectivity index (χ0) is 14.0. The molecule has 2 heterocycles. The van der Waals surface area contributed by atoms with Crippen molar-refractivity contribution in [3.8, 4) is 0 Å². The van der Waals surface area contributed by atoms with Gasteiger partial charge in [-0.2, -0.15) is 5.10 Å². The van der Waals surface area contributed by atoms with E-state index in [0.717, 1.165) is 25.9 Å². The van der Waals surface area contributed by atoms with Crippen molar-refractivity contribution in [3.05, 3.63) is 18.0 Å². The highest BCUT2D eigenvalue weighted by Gasteiger charge is 2.28. The first-order valence-electron chi connectivity index (χ1n) is 7.03. The van der Waals surface area contributed by atoms with Crippen molar-refractivity contribution in [2.24, 2.45) is 18.7 Å². The minimum atomic E-state index is -0.0896. The lowest BCUT2D eigenvalue weighted by atomic mass is 9.92. The maximum absolute atomic E-state index is 12.2. The van der Waals surface area contributed by atoms with Gasteiger partial charge in [0, 0.05) is 44.0 Å². The zero-order valence-electron chi connectivity index (χ0n) is 12.0. The minimum Gasteiger partial charge on any atom is -0.342 e. The number of nitrogens with zero attached hydrogens (tertiary/aromatic N) is 3. The van der Waals surface area contributed by atoms with E-state index in [4.69, 9.17) is 5.73 Å². The SMILES string of the molecule is CC(N)C(C)C(=O)N1CCC(c2ccnn2C)CC1. The Bertz CT molecular complexity index is 432. The maximum atomic E-state index is 12.2. The van der Waals surface area contributed by atoms with Crippen molar-refractivity contribution < 1.29 is 4.79 Å². The topological polar surface area (TPSA) is 64.2 Å². The molecule has 19 heavy (non-hydrogen) atoms. The summed E-state index contributed by atoms with van der Waals surface area (Å²) in [6.07, 6.45) is 3.86. The van der Waals surface area contributed by atoms with E-state index in [1.807, 2.05) is 36.7 Å². The van der Waals surface area contributed by atoms with Gasteiger partial charge < -0.3 is 10.6 Å². The number of carbonyl (C=O) groups is 1. The molecule has 0 bridgehead atoms. The molecule has 2 atom stereocenters. The van der Waals surface area contributed by atoms with E-state index in [9.17, 15) is 4.79 Å². The molecular formula is C14H24N4O. The summed E-state index contributed by atoms with van der Waals surface area (Å²) in [5.41, 5.74) is 7.08. The third kappa shape index (κ3) is 2.97. The van der Waals surface area contributed by atoms with Crippen molar-refractivity contribution in [1.82, 2.24) is 14.7 Å². The lowest BCUT2D eigenvalue weighted by Crippen LogP contribution is -2.45. The fraction of sp³-hybridized carbons (Fsp3) is 0.714. The van der Waals surface area contributed by atoms with Crippen LogP contribution in [0.15, 0.2) is 12.3 Å². The summed E-state index contributed by atoms with van der Waals surface area (Å²) in [6.45, 7) is 5.46. The highest BCUT2D eigenvalue weighted by molar-refractivity contribution is 5.79. The van der Waals surface area contributed by atoms with Gasteiger partial charge in [0.2, 0.25) is 5.91 Å². The molecule has 1 fully saturated rings. The quantitative estimate of drug-likeness (QED) is 0.889. The standard InChI is InChI=1S/C14H24N4O/c1-10(11(2)15)14(19)18-8-5-12(6-9-18)13-4-7-16-17(13)3/h4,7,10-12H,5-6,8-9,15H2,1-3H3. The minimum absolute atomic E-state index is 0.0812. The van der Waals surface area contributed by atoms with Gasteiger partial charge in [0.15, 0.2) is 0 Å². The lowest BCUT2D eigenvalue weighted by Gasteiger charge is -2.34. The fourth-order valence-electron chi connectivity index (χ4n) is 2.69. The zero-order valence-corrected chi connectivity index (χ0v) is 12.0. The molecule has 0 saturated carbocycles. The summed E-state index contributed by atoms with van der Waals surface area (Å²) < 4.78 is 1.94. The van der Waals surface area contributed by atoms with Crippen molar-refractivity contribution in [2.75, 3.05) is 13.1 Å². The van der Waals surface area contributed by atoms with E-state index >= 15 is 0 Å². The number of hydrogen-bond acceptors (Lipinski definition) is 3. The molecule has 0 aliphatic carbocycles. The molecular weight excluding hydrogens is 240 g/mol. The highest BCUT2D eigenvalue weighted by Crippen LogP contribution is 2.28. The van der Waals surface area contributed by atoms with Gasteiger partial charge in [0.1, 0.15) is 0 Å². The third-order valence-corrected chi connectivity index (χ3v) is 4.26. The Morgan fingerprint density at radius 1 is 1.42 bits per heavy atom. The van der Waals surface area contributed by atoms with E-state index in [1.54, 1.807) is 0 Å². The van der Waals surface area contributed by atoms with Crippen LogP contribution >= 0.6 is 0 Å². The van der Waals surface area contributed by atoms with Gasteiger partial charge in [-0.15, -0.1) is 0 Å². The molecule has 0 aromatic carbocycles. The van der Waals surface area contributed by atoms with Crippen LogP contribution in [0.2, 0.25) is 0 Å². The largest absolute Gasteiger partial charge is 0.342 e. The number of amides is 1. The predicted molar refractivity (Wildman–Crippen MR) is 74.6 cm³/mol. The first-order chi connectivity index (χ1) is 9.00. The molecule has 2 N–H and O–H groups in total. The molecule has 1 aromatic heterocycles. The molecule has 5 heteroatoms. The van der Waals surface area contributed by atoms with Crippen LogP contribution in [0.1, 0.15) is 38.3 Å². The van der Waals surface area contributed by atoms with Crippen molar-refractivity contribution in [1.29, 1.82) is 0 Å². The van der Waals surface area contributed by atoms with Crippen LogP contribution in [0, 0.1) is 5.92 Å². The van der Waals surface area contributed by atoms with Gasteiger partial charge in [0.05, 0.1) is 5.92 Å². The van der Waals surface area contributed by atoms with Crippen LogP contribution in [-0.4, -0.2) is 39.7 Å². The molecule has 5 nitrogen and oxygen atoms in total. The van der Waals surface area contributed by atoms with Crippen LogP contribution in [0.3, 0.4) is 0 Å². The van der Waals surface area contributed by atoms with Gasteiger partial charge in [-0.1, -0.05) is 6.92 Å². The fourth-order valence-corrected chi connectivity index (χ4v) is 2.69. The smallest absolute Gasteiger partial charge is 0.226 e. The van der Waals surface area contributed by atoms with Crippen LogP contribution in [0.4, 0.5) is 0 Å². The Morgan fingerprint density at radius 3 is 2.53 bits per heavy atom. The summed E-state index contributed by atoms with van der Waals surface area (Å²) in [5, 5.41) is 4.22. The molecule has 1 aliphatic heterocycles. The van der Waals surface area contributed by atoms with Gasteiger partial charge >= 0.3 is 0 Å². The predicted octanol–water partition coefficient (Wildman–Crippen LogP) is 1.11. The van der Waals surface area contributed by atoms with E-state index in [1.165, 1.54) is 5.69 Å².